The lowest BCUT2D eigenvalue weighted by Gasteiger charge is -2.39. The molecule has 3 nitrogen and oxygen atoms in total. The van der Waals surface area contributed by atoms with Gasteiger partial charge in [0, 0.05) is 18.0 Å². The van der Waals surface area contributed by atoms with Gasteiger partial charge in [-0.15, -0.1) is 0 Å². The quantitative estimate of drug-likeness (QED) is 0.904. The molecule has 3 heteroatoms. The number of likely N-dealkylation sites (tertiary alicyclic amines) is 1. The maximum Gasteiger partial charge on any atom is 0.108 e. The molecule has 1 saturated heterocycles. The molecule has 2 aliphatic rings. The van der Waals surface area contributed by atoms with Crippen molar-refractivity contribution in [2.24, 2.45) is 5.92 Å². The van der Waals surface area contributed by atoms with Gasteiger partial charge in [0.15, 0.2) is 0 Å². The van der Waals surface area contributed by atoms with Crippen LogP contribution >= 0.6 is 0 Å². The van der Waals surface area contributed by atoms with Gasteiger partial charge in [0.25, 0.3) is 0 Å². The van der Waals surface area contributed by atoms with E-state index in [-0.39, 0.29) is 0 Å². The molecular formula is C16H26N2O. The molecule has 1 atom stereocenters. The fourth-order valence-electron chi connectivity index (χ4n) is 3.74. The number of hydrogen-bond acceptors (Lipinski definition) is 3. The smallest absolute Gasteiger partial charge is 0.108 e. The van der Waals surface area contributed by atoms with E-state index in [1.807, 2.05) is 6.26 Å². The molecule has 1 aliphatic heterocycles. The molecule has 0 aromatic carbocycles. The Morgan fingerprint density at radius 1 is 1.32 bits per heavy atom. The minimum Gasteiger partial charge on any atom is -0.469 e. The van der Waals surface area contributed by atoms with Gasteiger partial charge in [0.2, 0.25) is 0 Å². The molecular weight excluding hydrogens is 236 g/mol. The molecule has 1 aliphatic carbocycles. The lowest BCUT2D eigenvalue weighted by molar-refractivity contribution is 0.116. The molecule has 2 heterocycles. The van der Waals surface area contributed by atoms with Crippen molar-refractivity contribution < 1.29 is 4.42 Å². The molecule has 0 spiro atoms. The maximum absolute atomic E-state index is 5.62. The second-order valence-electron chi connectivity index (χ2n) is 6.08. The monoisotopic (exact) mass is 262 g/mol. The van der Waals surface area contributed by atoms with Crippen LogP contribution in [0.15, 0.2) is 16.7 Å². The Morgan fingerprint density at radius 3 is 2.95 bits per heavy atom. The van der Waals surface area contributed by atoms with Crippen LogP contribution in [-0.4, -0.2) is 31.6 Å². The summed E-state index contributed by atoms with van der Waals surface area (Å²) in [6.07, 6.45) is 9.68. The second-order valence-corrected chi connectivity index (χ2v) is 6.08. The van der Waals surface area contributed by atoms with Crippen LogP contribution in [0.2, 0.25) is 0 Å². The van der Waals surface area contributed by atoms with E-state index in [1.165, 1.54) is 63.1 Å². The van der Waals surface area contributed by atoms with Crippen LogP contribution in [-0.2, 0) is 6.42 Å². The van der Waals surface area contributed by atoms with E-state index in [0.29, 0.717) is 6.04 Å². The normalized spacial score (nSPS) is 25.4. The summed E-state index contributed by atoms with van der Waals surface area (Å²) in [6.45, 7) is 3.70. The highest BCUT2D eigenvalue weighted by molar-refractivity contribution is 5.24. The molecule has 0 radical (unpaired) electrons. The zero-order chi connectivity index (χ0) is 13.1. The van der Waals surface area contributed by atoms with Gasteiger partial charge in [0.05, 0.1) is 6.26 Å². The van der Waals surface area contributed by atoms with Gasteiger partial charge >= 0.3 is 0 Å². The fraction of sp³-hybridized carbons (Fsp3) is 0.750. The number of fused-ring (bicyclic) bond motifs is 1. The number of piperidine rings is 1. The summed E-state index contributed by atoms with van der Waals surface area (Å²) in [4.78, 5) is 2.70. The van der Waals surface area contributed by atoms with Crippen molar-refractivity contribution >= 4 is 0 Å². The summed E-state index contributed by atoms with van der Waals surface area (Å²) in [6, 6.07) is 2.83. The van der Waals surface area contributed by atoms with Gasteiger partial charge in [-0.25, -0.2) is 0 Å². The fourth-order valence-corrected chi connectivity index (χ4v) is 3.74. The minimum absolute atomic E-state index is 0.632. The first kappa shape index (κ1) is 13.2. The van der Waals surface area contributed by atoms with Crippen molar-refractivity contribution in [1.82, 2.24) is 10.2 Å². The topological polar surface area (TPSA) is 28.4 Å². The van der Waals surface area contributed by atoms with E-state index in [0.717, 1.165) is 12.3 Å². The lowest BCUT2D eigenvalue weighted by atomic mass is 9.88. The van der Waals surface area contributed by atoms with E-state index < -0.39 is 0 Å². The van der Waals surface area contributed by atoms with E-state index >= 15 is 0 Å². The molecule has 0 saturated carbocycles. The molecule has 1 unspecified atom stereocenters. The highest BCUT2D eigenvalue weighted by atomic mass is 16.3. The maximum atomic E-state index is 5.62. The van der Waals surface area contributed by atoms with Crippen molar-refractivity contribution in [3.05, 3.63) is 23.7 Å². The largest absolute Gasteiger partial charge is 0.469 e. The molecule has 19 heavy (non-hydrogen) atoms. The Kier molecular flexibility index (Phi) is 4.24. The van der Waals surface area contributed by atoms with Crippen LogP contribution in [0.3, 0.4) is 0 Å². The SMILES string of the molecule is CNCCC1CCN(C2CCCc3occc32)CC1. The molecule has 1 fully saturated rings. The number of aryl methyl sites for hydroxylation is 1. The number of rotatable bonds is 4. The first-order valence-corrected chi connectivity index (χ1v) is 7.83. The highest BCUT2D eigenvalue weighted by Crippen LogP contribution is 2.37. The molecule has 106 valence electrons. The third-order valence-corrected chi connectivity index (χ3v) is 4.91. The van der Waals surface area contributed by atoms with E-state index in [2.05, 4.69) is 23.3 Å². The molecule has 0 amide bonds. The Bertz CT molecular complexity index is 393. The Morgan fingerprint density at radius 2 is 2.16 bits per heavy atom. The molecule has 1 aromatic heterocycles. The summed E-state index contributed by atoms with van der Waals surface area (Å²) < 4.78 is 5.62. The highest BCUT2D eigenvalue weighted by Gasteiger charge is 2.30. The van der Waals surface area contributed by atoms with Gasteiger partial charge < -0.3 is 9.73 Å². The average Bonchev–Trinajstić information content (AvgIpc) is 2.94. The van der Waals surface area contributed by atoms with Crippen molar-refractivity contribution in [3.63, 3.8) is 0 Å². The standard InChI is InChI=1S/C16H26N2O/c1-17-9-5-13-6-10-18(11-7-13)15-3-2-4-16-14(15)8-12-19-16/h8,12-13,15,17H,2-7,9-11H2,1H3. The Labute approximate surface area is 116 Å². The lowest BCUT2D eigenvalue weighted by Crippen LogP contribution is -2.38. The number of nitrogens with one attached hydrogen (secondary N) is 1. The summed E-state index contributed by atoms with van der Waals surface area (Å²) in [5.74, 6) is 2.17. The van der Waals surface area contributed by atoms with Gasteiger partial charge in [-0.05, 0) is 70.8 Å². The number of furan rings is 1. The third kappa shape index (κ3) is 2.87. The van der Waals surface area contributed by atoms with Crippen LogP contribution in [0, 0.1) is 5.92 Å². The van der Waals surface area contributed by atoms with Crippen molar-refractivity contribution in [2.75, 3.05) is 26.7 Å². The van der Waals surface area contributed by atoms with Gasteiger partial charge in [-0.1, -0.05) is 0 Å². The van der Waals surface area contributed by atoms with Crippen LogP contribution in [0.4, 0.5) is 0 Å². The zero-order valence-electron chi connectivity index (χ0n) is 12.0. The third-order valence-electron chi connectivity index (χ3n) is 4.91. The van der Waals surface area contributed by atoms with E-state index in [1.54, 1.807) is 0 Å². The number of hydrogen-bond donors (Lipinski definition) is 1. The van der Waals surface area contributed by atoms with Crippen molar-refractivity contribution in [3.8, 4) is 0 Å². The molecule has 3 rings (SSSR count). The van der Waals surface area contributed by atoms with Crippen LogP contribution in [0.1, 0.15) is 49.5 Å². The first-order chi connectivity index (χ1) is 9.38. The molecule has 1 aromatic rings. The Balaban J connectivity index is 1.58. The summed E-state index contributed by atoms with van der Waals surface area (Å²) in [5, 5.41) is 3.27. The first-order valence-electron chi connectivity index (χ1n) is 7.83. The average molecular weight is 262 g/mol. The molecule has 1 N–H and O–H groups in total. The molecule has 0 bridgehead atoms. The predicted molar refractivity (Wildman–Crippen MR) is 77.2 cm³/mol. The summed E-state index contributed by atoms with van der Waals surface area (Å²) in [5.41, 5.74) is 1.47. The van der Waals surface area contributed by atoms with Crippen LogP contribution < -0.4 is 5.32 Å². The van der Waals surface area contributed by atoms with E-state index in [9.17, 15) is 0 Å². The van der Waals surface area contributed by atoms with Gasteiger partial charge in [0.1, 0.15) is 5.76 Å². The van der Waals surface area contributed by atoms with Crippen LogP contribution in [0.5, 0.6) is 0 Å². The van der Waals surface area contributed by atoms with Crippen molar-refractivity contribution in [2.45, 2.75) is 44.6 Å². The van der Waals surface area contributed by atoms with Crippen LogP contribution in [0.25, 0.3) is 0 Å². The van der Waals surface area contributed by atoms with Gasteiger partial charge in [-0.2, -0.15) is 0 Å². The van der Waals surface area contributed by atoms with E-state index in [4.69, 9.17) is 4.42 Å². The minimum atomic E-state index is 0.632. The number of nitrogens with zero attached hydrogens (tertiary/aromatic N) is 1. The Hall–Kier alpha value is -0.800. The summed E-state index contributed by atoms with van der Waals surface area (Å²) in [7, 11) is 2.05. The predicted octanol–water partition coefficient (Wildman–Crippen LogP) is 2.98. The second kappa shape index (κ2) is 6.10. The van der Waals surface area contributed by atoms with Gasteiger partial charge in [-0.3, -0.25) is 4.90 Å². The van der Waals surface area contributed by atoms with Crippen molar-refractivity contribution in [1.29, 1.82) is 0 Å². The zero-order valence-corrected chi connectivity index (χ0v) is 12.0. The summed E-state index contributed by atoms with van der Waals surface area (Å²) >= 11 is 0.